The van der Waals surface area contributed by atoms with Gasteiger partial charge in [-0.15, -0.1) is 22.7 Å². The van der Waals surface area contributed by atoms with Crippen molar-refractivity contribution in [3.63, 3.8) is 0 Å². The largest absolute Gasteiger partial charge is 0.323 e. The zero-order valence-electron chi connectivity index (χ0n) is 9.36. The molecule has 0 fully saturated rings. The van der Waals surface area contributed by atoms with Crippen LogP contribution in [0.5, 0.6) is 0 Å². The summed E-state index contributed by atoms with van der Waals surface area (Å²) in [6, 6.07) is 4.50. The van der Waals surface area contributed by atoms with Gasteiger partial charge in [0.25, 0.3) is 0 Å². The molecule has 2 aromatic rings. The summed E-state index contributed by atoms with van der Waals surface area (Å²) in [5.74, 6) is 0.500. The van der Waals surface area contributed by atoms with Crippen LogP contribution in [0, 0.1) is 0 Å². The van der Waals surface area contributed by atoms with Crippen molar-refractivity contribution >= 4 is 38.6 Å². The Labute approximate surface area is 118 Å². The van der Waals surface area contributed by atoms with Gasteiger partial charge in [-0.3, -0.25) is 0 Å². The molecule has 0 aromatic carbocycles. The number of hydrogen-bond donors (Lipinski definition) is 1. The Hall–Kier alpha value is -0.160. The molecule has 2 atom stereocenters. The Morgan fingerprint density at radius 3 is 2.88 bits per heavy atom. The monoisotopic (exact) mass is 327 g/mol. The summed E-state index contributed by atoms with van der Waals surface area (Å²) >= 11 is 7.24. The molecular weight excluding hydrogens is 314 g/mol. The third kappa shape index (κ3) is 2.12. The lowest BCUT2D eigenvalue weighted by molar-refractivity contribution is 0.483. The second-order valence-electron chi connectivity index (χ2n) is 4.46. The van der Waals surface area contributed by atoms with E-state index in [0.717, 1.165) is 4.47 Å². The van der Waals surface area contributed by atoms with Crippen molar-refractivity contribution in [1.29, 1.82) is 0 Å². The first kappa shape index (κ1) is 11.9. The van der Waals surface area contributed by atoms with Gasteiger partial charge < -0.3 is 5.73 Å². The molecule has 0 spiro atoms. The van der Waals surface area contributed by atoms with Crippen molar-refractivity contribution in [2.45, 2.75) is 31.2 Å². The Kier molecular flexibility index (Phi) is 3.39. The Morgan fingerprint density at radius 2 is 2.12 bits per heavy atom. The molecule has 0 amide bonds. The van der Waals surface area contributed by atoms with Gasteiger partial charge >= 0.3 is 0 Å². The molecule has 0 radical (unpaired) electrons. The Morgan fingerprint density at radius 1 is 1.29 bits per heavy atom. The molecule has 0 saturated carbocycles. The third-order valence-corrected chi connectivity index (χ3v) is 6.45. The number of rotatable bonds is 2. The second kappa shape index (κ2) is 4.84. The molecule has 2 aromatic heterocycles. The molecule has 1 nitrogen and oxygen atoms in total. The summed E-state index contributed by atoms with van der Waals surface area (Å²) in [6.45, 7) is 0. The lowest BCUT2D eigenvalue weighted by Gasteiger charge is -2.27. The maximum Gasteiger partial charge on any atom is 0.0471 e. The molecular formula is C13H14BrNS2. The summed E-state index contributed by atoms with van der Waals surface area (Å²) < 4.78 is 1.16. The van der Waals surface area contributed by atoms with Crippen LogP contribution >= 0.6 is 38.6 Å². The van der Waals surface area contributed by atoms with Gasteiger partial charge in [-0.25, -0.2) is 0 Å². The highest BCUT2D eigenvalue weighted by Crippen LogP contribution is 2.43. The molecule has 4 heteroatoms. The van der Waals surface area contributed by atoms with Crippen LogP contribution in [-0.2, 0) is 6.42 Å². The molecule has 0 bridgehead atoms. The zero-order chi connectivity index (χ0) is 11.8. The molecule has 1 aliphatic rings. The normalized spacial score (nSPS) is 21.2. The average molecular weight is 328 g/mol. The summed E-state index contributed by atoms with van der Waals surface area (Å²) in [7, 11) is 0. The number of halogens is 1. The number of thiophene rings is 2. The van der Waals surface area contributed by atoms with E-state index in [4.69, 9.17) is 5.73 Å². The van der Waals surface area contributed by atoms with E-state index in [9.17, 15) is 0 Å². The van der Waals surface area contributed by atoms with Crippen LogP contribution in [-0.4, -0.2) is 0 Å². The van der Waals surface area contributed by atoms with Crippen molar-refractivity contribution < 1.29 is 0 Å². The molecule has 3 rings (SSSR count). The van der Waals surface area contributed by atoms with Gasteiger partial charge in [-0.2, -0.15) is 0 Å². The van der Waals surface area contributed by atoms with E-state index in [1.165, 1.54) is 29.7 Å². The van der Waals surface area contributed by atoms with E-state index in [-0.39, 0.29) is 6.04 Å². The number of nitrogens with two attached hydrogens (primary N) is 1. The van der Waals surface area contributed by atoms with Crippen LogP contribution in [0.25, 0.3) is 0 Å². The number of hydrogen-bond acceptors (Lipinski definition) is 3. The van der Waals surface area contributed by atoms with Gasteiger partial charge in [0.15, 0.2) is 0 Å². The van der Waals surface area contributed by atoms with E-state index < -0.39 is 0 Å². The van der Waals surface area contributed by atoms with Crippen molar-refractivity contribution in [3.05, 3.63) is 42.7 Å². The smallest absolute Gasteiger partial charge is 0.0471 e. The first-order valence-corrected chi connectivity index (χ1v) is 8.37. The highest BCUT2D eigenvalue weighted by atomic mass is 79.9. The predicted molar refractivity (Wildman–Crippen MR) is 78.9 cm³/mol. The minimum absolute atomic E-state index is 0.137. The van der Waals surface area contributed by atoms with Gasteiger partial charge in [-0.1, -0.05) is 0 Å². The second-order valence-corrected chi connectivity index (χ2v) is 7.26. The fraction of sp³-hybridized carbons (Fsp3) is 0.385. The van der Waals surface area contributed by atoms with Gasteiger partial charge in [0.05, 0.1) is 0 Å². The van der Waals surface area contributed by atoms with Crippen molar-refractivity contribution in [3.8, 4) is 0 Å². The van der Waals surface area contributed by atoms with Gasteiger partial charge in [0.2, 0.25) is 0 Å². The van der Waals surface area contributed by atoms with Crippen LogP contribution in [0.1, 0.15) is 40.1 Å². The van der Waals surface area contributed by atoms with E-state index in [1.807, 2.05) is 11.3 Å². The Balaban J connectivity index is 1.94. The summed E-state index contributed by atoms with van der Waals surface area (Å²) in [4.78, 5) is 2.83. The van der Waals surface area contributed by atoms with Crippen LogP contribution in [0.2, 0.25) is 0 Å². The quantitative estimate of drug-likeness (QED) is 0.850. The standard InChI is InChI=1S/C13H14BrNS2/c14-10-5-7-17-13(10)12(15)9-2-1-3-11-8(9)4-6-16-11/h4-7,9,12H,1-3,15H2. The lowest BCUT2D eigenvalue weighted by Crippen LogP contribution is -2.22. The first-order chi connectivity index (χ1) is 8.27. The van der Waals surface area contributed by atoms with Gasteiger partial charge in [0.1, 0.15) is 0 Å². The minimum atomic E-state index is 0.137. The lowest BCUT2D eigenvalue weighted by atomic mass is 9.82. The van der Waals surface area contributed by atoms with Crippen LogP contribution in [0.4, 0.5) is 0 Å². The average Bonchev–Trinajstić information content (AvgIpc) is 2.95. The molecule has 2 heterocycles. The van der Waals surface area contributed by atoms with E-state index in [0.29, 0.717) is 5.92 Å². The van der Waals surface area contributed by atoms with Crippen LogP contribution < -0.4 is 5.73 Å². The SMILES string of the molecule is NC(c1sccc1Br)C1CCCc2sccc21. The van der Waals surface area contributed by atoms with Gasteiger partial charge in [-0.05, 0) is 63.6 Å². The minimum Gasteiger partial charge on any atom is -0.323 e. The highest BCUT2D eigenvalue weighted by Gasteiger charge is 2.28. The maximum atomic E-state index is 6.47. The predicted octanol–water partition coefficient (Wildman–Crippen LogP) is 4.69. The van der Waals surface area contributed by atoms with Crippen LogP contribution in [0.3, 0.4) is 0 Å². The first-order valence-electron chi connectivity index (χ1n) is 5.82. The molecule has 1 aliphatic carbocycles. The highest BCUT2D eigenvalue weighted by molar-refractivity contribution is 9.10. The molecule has 0 aliphatic heterocycles. The fourth-order valence-electron chi connectivity index (χ4n) is 2.62. The molecule has 0 saturated heterocycles. The zero-order valence-corrected chi connectivity index (χ0v) is 12.6. The van der Waals surface area contributed by atoms with E-state index >= 15 is 0 Å². The van der Waals surface area contributed by atoms with E-state index in [2.05, 4.69) is 38.8 Å². The van der Waals surface area contributed by atoms with Crippen molar-refractivity contribution in [1.82, 2.24) is 0 Å². The van der Waals surface area contributed by atoms with Crippen molar-refractivity contribution in [2.75, 3.05) is 0 Å². The maximum absolute atomic E-state index is 6.47. The van der Waals surface area contributed by atoms with Gasteiger partial charge in [0, 0.05) is 26.2 Å². The summed E-state index contributed by atoms with van der Waals surface area (Å²) in [6.07, 6.45) is 3.73. The Bertz CT molecular complexity index is 517. The topological polar surface area (TPSA) is 26.0 Å². The fourth-order valence-corrected chi connectivity index (χ4v) is 5.32. The van der Waals surface area contributed by atoms with Crippen LogP contribution in [0.15, 0.2) is 27.4 Å². The molecule has 2 unspecified atom stereocenters. The van der Waals surface area contributed by atoms with E-state index in [1.54, 1.807) is 16.2 Å². The van der Waals surface area contributed by atoms with Crippen molar-refractivity contribution in [2.24, 2.45) is 5.73 Å². The summed E-state index contributed by atoms with van der Waals surface area (Å²) in [5.41, 5.74) is 7.97. The third-order valence-electron chi connectivity index (χ3n) is 3.48. The molecule has 2 N–H and O–H groups in total. The number of fused-ring (bicyclic) bond motifs is 1. The summed E-state index contributed by atoms with van der Waals surface area (Å²) in [5, 5.41) is 4.32. The molecule has 90 valence electrons. The number of aryl methyl sites for hydroxylation is 1. The molecule has 17 heavy (non-hydrogen) atoms.